The Morgan fingerprint density at radius 3 is 1.43 bits per heavy atom. The second kappa shape index (κ2) is 28.9. The van der Waals surface area contributed by atoms with Gasteiger partial charge in [-0.15, -0.1) is 0 Å². The van der Waals surface area contributed by atoms with E-state index >= 15 is 0 Å². The van der Waals surface area contributed by atoms with Crippen molar-refractivity contribution in [2.45, 2.75) is 33.2 Å². The van der Waals surface area contributed by atoms with E-state index in [1.54, 1.807) is 11.8 Å². The molecule has 0 spiro atoms. The number of nitrogens with one attached hydrogen (secondary N) is 4. The molecule has 4 N–H and O–H groups in total. The fraction of sp³-hybridized carbons (Fsp3) is 0.357. The first-order valence-corrected chi connectivity index (χ1v) is 16.3. The summed E-state index contributed by atoms with van der Waals surface area (Å²) in [7, 11) is 1.34. The summed E-state index contributed by atoms with van der Waals surface area (Å²) in [5, 5.41) is 11.1. The standard InChI is InChI=1S/C20H23NO3.2C4H8N2S4.Mn.Zn/c1-14-9-8-10-15(2)19(14)21(16(3)20(23)24-4)18(22)13-17-11-6-5-7-12-17;2*7-3(8)5-1-2-6-4(9)10;;/h5-12,16H,13H2,1-4H3;2*1-2H2,(H2,5,7,8)(H2,6,9,10);;/q;;;2*+2/p-4/t16-;;;;/m1..../s1. The minimum atomic E-state index is -0.689. The molecule has 247 valence electrons. The molecule has 0 aliphatic heterocycles. The van der Waals surface area contributed by atoms with Crippen molar-refractivity contribution in [3.05, 3.63) is 65.2 Å². The number of nitrogens with zero attached hydrogens (tertiary/aromatic N) is 1. The molecule has 8 nitrogen and oxygen atoms in total. The van der Waals surface area contributed by atoms with Gasteiger partial charge < -0.3 is 125 Å². The SMILES string of the molecule is COC(=O)[C@@H](C)N(C(=O)Cc1ccccc1)c1c(C)cccc1C.S=C([S-])NCCNC(=S)[S-].S=C([S-])NCCNC(=S)[S-].[Mn+2].[Zn+2]. The summed E-state index contributed by atoms with van der Waals surface area (Å²) >= 11 is 36.7. The van der Waals surface area contributed by atoms with Crippen LogP contribution in [0.2, 0.25) is 0 Å². The van der Waals surface area contributed by atoms with E-state index in [-0.39, 0.29) is 48.9 Å². The number of methoxy groups -OCH3 is 1. The second-order valence-electron chi connectivity index (χ2n) is 8.72. The summed E-state index contributed by atoms with van der Waals surface area (Å²) in [6, 6.07) is 14.7. The number of hydrogen-bond acceptors (Lipinski definition) is 11. The van der Waals surface area contributed by atoms with E-state index < -0.39 is 12.0 Å². The number of aryl methyl sites for hydroxylation is 2. The summed E-state index contributed by atoms with van der Waals surface area (Å²) in [6.45, 7) is 8.24. The van der Waals surface area contributed by atoms with Gasteiger partial charge in [0.05, 0.1) is 19.2 Å². The number of ether oxygens (including phenoxy) is 1. The zero-order valence-corrected chi connectivity index (χ0v) is 36.4. The molecule has 2 rings (SSSR count). The Bertz CT molecular complexity index is 1180. The van der Waals surface area contributed by atoms with E-state index in [2.05, 4.69) is 121 Å². The molecule has 46 heavy (non-hydrogen) atoms. The van der Waals surface area contributed by atoms with Crippen molar-refractivity contribution in [2.24, 2.45) is 0 Å². The number of hydrogen-bond donors (Lipinski definition) is 4. The molecule has 0 fully saturated rings. The maximum atomic E-state index is 13.0. The number of rotatable bonds is 11. The number of amides is 1. The smallest absolute Gasteiger partial charge is 0.467 e. The van der Waals surface area contributed by atoms with Crippen LogP contribution in [0.5, 0.6) is 0 Å². The van der Waals surface area contributed by atoms with Crippen molar-refractivity contribution in [3.63, 3.8) is 0 Å². The van der Waals surface area contributed by atoms with Crippen LogP contribution < -0.4 is 26.2 Å². The molecular weight excluding hydrogens is 831 g/mol. The van der Waals surface area contributed by atoms with Gasteiger partial charge in [0.25, 0.3) is 0 Å². The van der Waals surface area contributed by atoms with Crippen LogP contribution in [0.25, 0.3) is 0 Å². The van der Waals surface area contributed by atoms with Crippen molar-refractivity contribution in [1.82, 2.24) is 21.3 Å². The Labute approximate surface area is 339 Å². The molecule has 0 saturated heterocycles. The summed E-state index contributed by atoms with van der Waals surface area (Å²) in [4.78, 5) is 26.6. The van der Waals surface area contributed by atoms with Crippen LogP contribution in [-0.2, 0) is 108 Å². The van der Waals surface area contributed by atoms with Gasteiger partial charge in [-0.05, 0) is 37.5 Å². The largest absolute Gasteiger partial charge is 2.00 e. The first-order valence-electron chi connectivity index (χ1n) is 13.0. The summed E-state index contributed by atoms with van der Waals surface area (Å²) in [5.74, 6) is -0.560. The molecule has 0 aromatic heterocycles. The van der Waals surface area contributed by atoms with Crippen molar-refractivity contribution in [1.29, 1.82) is 0 Å². The Morgan fingerprint density at radius 2 is 1.11 bits per heavy atom. The molecule has 0 saturated carbocycles. The van der Waals surface area contributed by atoms with E-state index in [1.807, 2.05) is 62.4 Å². The van der Waals surface area contributed by atoms with Gasteiger partial charge in [0.2, 0.25) is 5.91 Å². The second-order valence-corrected chi connectivity index (χ2v) is 13.0. The topological polar surface area (TPSA) is 94.7 Å². The summed E-state index contributed by atoms with van der Waals surface area (Å²) in [6.07, 6.45) is 0.232. The minimum Gasteiger partial charge on any atom is -0.467 e. The molecule has 1 atom stereocenters. The van der Waals surface area contributed by atoms with Gasteiger partial charge in [-0.25, -0.2) is 4.79 Å². The fourth-order valence-electron chi connectivity index (χ4n) is 3.51. The van der Waals surface area contributed by atoms with Gasteiger partial charge in [0.15, 0.2) is 0 Å². The number of thiocarbonyl (C=S) groups is 4. The van der Waals surface area contributed by atoms with Crippen LogP contribution >= 0.6 is 48.9 Å². The predicted molar refractivity (Wildman–Crippen MR) is 207 cm³/mol. The van der Waals surface area contributed by atoms with Crippen LogP contribution in [0.1, 0.15) is 23.6 Å². The van der Waals surface area contributed by atoms with Crippen LogP contribution in [0.15, 0.2) is 48.5 Å². The van der Waals surface area contributed by atoms with E-state index in [9.17, 15) is 9.59 Å². The number of esters is 1. The third-order valence-electron chi connectivity index (χ3n) is 5.40. The van der Waals surface area contributed by atoms with Gasteiger partial charge in [-0.1, -0.05) is 65.8 Å². The number of anilines is 1. The van der Waals surface area contributed by atoms with Gasteiger partial charge in [-0.3, -0.25) is 9.69 Å². The zero-order valence-electron chi connectivity index (χ0n) is 25.8. The predicted octanol–water partition coefficient (Wildman–Crippen LogP) is 3.09. The monoisotopic (exact) mass is 864 g/mol. The number of carbonyl (C=O) groups is 2. The average Bonchev–Trinajstić information content (AvgIpc) is 2.95. The van der Waals surface area contributed by atoms with Crippen LogP contribution in [0.4, 0.5) is 5.69 Å². The van der Waals surface area contributed by atoms with Crippen LogP contribution in [0.3, 0.4) is 0 Å². The molecule has 0 aliphatic carbocycles. The van der Waals surface area contributed by atoms with Crippen molar-refractivity contribution in [2.75, 3.05) is 38.2 Å². The fourth-order valence-corrected chi connectivity index (χ4v) is 4.33. The Kier molecular flexibility index (Phi) is 31.0. The van der Waals surface area contributed by atoms with Gasteiger partial charge in [-0.2, -0.15) is 0 Å². The first-order chi connectivity index (χ1) is 20.7. The molecular formula is C28H35MnN5O3S8Zn. The van der Waals surface area contributed by atoms with Crippen LogP contribution in [-0.4, -0.2) is 68.5 Å². The summed E-state index contributed by atoms with van der Waals surface area (Å²) < 4.78 is 6.35. The molecule has 1 amide bonds. The van der Waals surface area contributed by atoms with Crippen molar-refractivity contribution >= 4 is 134 Å². The molecule has 0 heterocycles. The number of para-hydroxylation sites is 1. The summed E-state index contributed by atoms with van der Waals surface area (Å²) in [5.41, 5.74) is 3.59. The van der Waals surface area contributed by atoms with Crippen molar-refractivity contribution in [3.8, 4) is 0 Å². The van der Waals surface area contributed by atoms with E-state index in [4.69, 9.17) is 4.74 Å². The Hall–Kier alpha value is -1.04. The Morgan fingerprint density at radius 1 is 0.739 bits per heavy atom. The quantitative estimate of drug-likeness (QED) is 0.0877. The van der Waals surface area contributed by atoms with Crippen LogP contribution in [0, 0.1) is 13.8 Å². The van der Waals surface area contributed by atoms with E-state index in [0.717, 1.165) is 22.4 Å². The van der Waals surface area contributed by atoms with Gasteiger partial charge >= 0.3 is 42.5 Å². The van der Waals surface area contributed by atoms with Crippen molar-refractivity contribution < 1.29 is 50.9 Å². The number of carbonyl (C=O) groups excluding carboxylic acids is 2. The van der Waals surface area contributed by atoms with Gasteiger partial charge in [0.1, 0.15) is 6.04 Å². The number of benzene rings is 2. The van der Waals surface area contributed by atoms with E-state index in [1.165, 1.54) is 7.11 Å². The molecule has 1 radical (unpaired) electrons. The third-order valence-corrected chi connectivity index (χ3v) is 6.56. The zero-order chi connectivity index (χ0) is 33.7. The molecule has 2 aromatic rings. The minimum absolute atomic E-state index is 0. The molecule has 0 unspecified atom stereocenters. The maximum absolute atomic E-state index is 13.0. The average molecular weight is 866 g/mol. The molecule has 0 bridgehead atoms. The first kappa shape index (κ1) is 49.4. The normalized spacial score (nSPS) is 9.74. The van der Waals surface area contributed by atoms with E-state index in [0.29, 0.717) is 43.5 Å². The third kappa shape index (κ3) is 23.3. The molecule has 18 heteroatoms. The molecule has 0 aliphatic rings. The molecule has 2 aromatic carbocycles. The Balaban J connectivity index is -0.000000704. The van der Waals surface area contributed by atoms with Gasteiger partial charge in [0, 0.05) is 26.2 Å². The maximum Gasteiger partial charge on any atom is 2.00 e.